The summed E-state index contributed by atoms with van der Waals surface area (Å²) in [6.07, 6.45) is -0.623. The fourth-order valence-electron chi connectivity index (χ4n) is 4.05. The molecule has 0 saturated carbocycles. The maximum absolute atomic E-state index is 13.6. The van der Waals surface area contributed by atoms with Gasteiger partial charge in [-0.15, -0.1) is 0 Å². The van der Waals surface area contributed by atoms with E-state index in [-0.39, 0.29) is 49.4 Å². The van der Waals surface area contributed by atoms with Crippen molar-refractivity contribution in [3.05, 3.63) is 18.2 Å². The summed E-state index contributed by atoms with van der Waals surface area (Å²) in [6, 6.07) is -5.53. The number of aromatic amines is 1. The largest absolute Gasteiger partial charge is 0.490 e. The number of nitrogens with two attached hydrogens (primary N) is 3. The van der Waals surface area contributed by atoms with Gasteiger partial charge in [0.25, 0.3) is 0 Å². The molecule has 0 fully saturated rings. The number of guanidine groups is 1. The number of thiol groups is 1. The average molecular weight is 755 g/mol. The van der Waals surface area contributed by atoms with Gasteiger partial charge in [0.2, 0.25) is 23.6 Å². The van der Waals surface area contributed by atoms with Crippen LogP contribution in [0.15, 0.2) is 17.5 Å². The molecule has 1 aromatic heterocycles. The smallest absolute Gasteiger partial charge is 0.480 e. The summed E-state index contributed by atoms with van der Waals surface area (Å²) >= 11 is 3.98. The molecule has 7 atom stereocenters. The third-order valence-corrected chi connectivity index (χ3v) is 7.95. The summed E-state index contributed by atoms with van der Waals surface area (Å²) in [5.41, 5.74) is 17.5. The first-order chi connectivity index (χ1) is 23.7. The normalized spacial score (nSPS) is 15.2. The van der Waals surface area contributed by atoms with Crippen molar-refractivity contribution in [2.45, 2.75) is 96.2 Å². The van der Waals surface area contributed by atoms with Gasteiger partial charge in [0.1, 0.15) is 24.2 Å². The molecule has 1 aromatic rings. The zero-order valence-corrected chi connectivity index (χ0v) is 29.6. The van der Waals surface area contributed by atoms with Crippen molar-refractivity contribution in [2.75, 3.05) is 12.3 Å². The minimum absolute atomic E-state index is 0.0331. The van der Waals surface area contributed by atoms with Crippen molar-refractivity contribution in [2.24, 2.45) is 34.0 Å². The second-order valence-corrected chi connectivity index (χ2v) is 11.9. The van der Waals surface area contributed by atoms with E-state index < -0.39 is 72.0 Å². The molecule has 0 unspecified atom stereocenters. The minimum Gasteiger partial charge on any atom is -0.480 e. The topological polar surface area (TPSA) is 310 Å². The summed E-state index contributed by atoms with van der Waals surface area (Å²) in [4.78, 5) is 84.3. The molecule has 0 aliphatic heterocycles. The summed E-state index contributed by atoms with van der Waals surface area (Å²) in [5, 5.41) is 26.9. The number of carboxylic acid groups (broad SMARTS) is 2. The van der Waals surface area contributed by atoms with Gasteiger partial charge in [-0.2, -0.15) is 25.8 Å². The maximum Gasteiger partial charge on any atom is 0.490 e. The van der Waals surface area contributed by atoms with E-state index in [9.17, 15) is 42.3 Å². The fourth-order valence-corrected chi connectivity index (χ4v) is 4.30. The van der Waals surface area contributed by atoms with Crippen LogP contribution in [0.3, 0.4) is 0 Å². The van der Waals surface area contributed by atoms with Crippen LogP contribution in [-0.4, -0.2) is 110 Å². The lowest BCUT2D eigenvalue weighted by Crippen LogP contribution is -2.60. The van der Waals surface area contributed by atoms with Crippen LogP contribution in [0.25, 0.3) is 0 Å². The van der Waals surface area contributed by atoms with Crippen LogP contribution in [0, 0.1) is 11.8 Å². The molecule has 0 saturated heterocycles. The zero-order valence-electron chi connectivity index (χ0n) is 28.7. The number of rotatable bonds is 20. The summed E-state index contributed by atoms with van der Waals surface area (Å²) in [7, 11) is 0. The van der Waals surface area contributed by atoms with Crippen LogP contribution < -0.4 is 38.5 Å². The van der Waals surface area contributed by atoms with E-state index in [1.54, 1.807) is 6.92 Å². The Bertz CT molecular complexity index is 1320. The molecule has 290 valence electrons. The number of aromatic nitrogens is 2. The van der Waals surface area contributed by atoms with Gasteiger partial charge in [0.05, 0.1) is 12.4 Å². The van der Waals surface area contributed by atoms with Crippen molar-refractivity contribution >= 4 is 54.2 Å². The molecule has 18 nitrogen and oxygen atoms in total. The SMILES string of the molecule is CC[C@H](C)[C@H](N)C(=O)N[C@@H](Cc1cnc[nH]1)C(=O)N[C@@H](CCCN=C(N)N)C(=O)N[C@H](C(=O)N[C@@H](CS)C(=O)O)[C@@H](C)CC.O=C(O)C(F)(F)F. The number of carbonyl (C=O) groups excluding carboxylic acids is 4. The predicted molar refractivity (Wildman–Crippen MR) is 182 cm³/mol. The fraction of sp³-hybridized carbons (Fsp3) is 0.655. The third-order valence-electron chi connectivity index (χ3n) is 7.58. The van der Waals surface area contributed by atoms with E-state index in [1.807, 2.05) is 20.8 Å². The Morgan fingerprint density at radius 2 is 1.43 bits per heavy atom. The van der Waals surface area contributed by atoms with Crippen LogP contribution in [0.5, 0.6) is 0 Å². The summed E-state index contributed by atoms with van der Waals surface area (Å²) in [5.74, 6) is -7.45. The molecular weight excluding hydrogens is 705 g/mol. The van der Waals surface area contributed by atoms with Gasteiger partial charge in [-0.3, -0.25) is 24.2 Å². The number of aliphatic carboxylic acids is 2. The average Bonchev–Trinajstić information content (AvgIpc) is 3.58. The van der Waals surface area contributed by atoms with Gasteiger partial charge >= 0.3 is 18.1 Å². The number of carboxylic acids is 2. The number of amides is 4. The van der Waals surface area contributed by atoms with Gasteiger partial charge in [0, 0.05) is 30.6 Å². The Labute approximate surface area is 298 Å². The molecule has 13 N–H and O–H groups in total. The number of imidazole rings is 1. The van der Waals surface area contributed by atoms with E-state index in [1.165, 1.54) is 12.5 Å². The van der Waals surface area contributed by atoms with Crippen LogP contribution in [0.4, 0.5) is 13.2 Å². The standard InChI is InChI=1S/C27H48N10O6S.C2HF3O2/c1-5-14(3)20(28)24(40)35-18(10-16-11-31-13-33-16)23(39)34-17(8-7-9-32-27(29)30)22(38)37-21(15(4)6-2)25(41)36-19(12-44)26(42)43;3-2(4,5)1(6)7/h11,13-15,17-21,44H,5-10,12,28H2,1-4H3,(H,31,33)(H,34,39)(H,35,40)(H,36,41)(H,37,38)(H,42,43)(H4,29,30,32);(H,6,7)/t14-,15-,17-,18-,19-,20-,21-;/m0./s1. The Hall–Kier alpha value is -4.60. The van der Waals surface area contributed by atoms with Crippen LogP contribution in [0.2, 0.25) is 0 Å². The number of hydrogen-bond acceptors (Lipinski definition) is 10. The van der Waals surface area contributed by atoms with Crippen molar-refractivity contribution in [3.8, 4) is 0 Å². The van der Waals surface area contributed by atoms with E-state index in [0.29, 0.717) is 18.5 Å². The molecule has 4 amide bonds. The van der Waals surface area contributed by atoms with Crippen molar-refractivity contribution in [1.82, 2.24) is 31.2 Å². The molecule has 0 radical (unpaired) electrons. The van der Waals surface area contributed by atoms with Crippen molar-refractivity contribution in [3.63, 3.8) is 0 Å². The summed E-state index contributed by atoms with van der Waals surface area (Å²) in [6.45, 7) is 7.42. The second-order valence-electron chi connectivity index (χ2n) is 11.5. The number of nitrogens with zero attached hydrogens (tertiary/aromatic N) is 2. The van der Waals surface area contributed by atoms with Gasteiger partial charge in [0.15, 0.2) is 5.96 Å². The summed E-state index contributed by atoms with van der Waals surface area (Å²) < 4.78 is 31.7. The lowest BCUT2D eigenvalue weighted by atomic mass is 9.97. The highest BCUT2D eigenvalue weighted by Crippen LogP contribution is 2.13. The van der Waals surface area contributed by atoms with E-state index in [2.05, 4.69) is 48.9 Å². The zero-order chi connectivity index (χ0) is 39.5. The first kappa shape index (κ1) is 46.4. The first-order valence-corrected chi connectivity index (χ1v) is 16.5. The Kier molecular flexibility index (Phi) is 20.9. The highest BCUT2D eigenvalue weighted by Gasteiger charge is 2.38. The van der Waals surface area contributed by atoms with Gasteiger partial charge in [-0.05, 0) is 24.7 Å². The highest BCUT2D eigenvalue weighted by atomic mass is 32.1. The molecule has 0 spiro atoms. The quantitative estimate of drug-likeness (QED) is 0.0331. The number of carbonyl (C=O) groups is 6. The Morgan fingerprint density at radius 3 is 1.88 bits per heavy atom. The number of halogens is 3. The lowest BCUT2D eigenvalue weighted by molar-refractivity contribution is -0.192. The van der Waals surface area contributed by atoms with Crippen molar-refractivity contribution < 1.29 is 52.2 Å². The van der Waals surface area contributed by atoms with Gasteiger partial charge in [-0.25, -0.2) is 14.6 Å². The molecule has 1 rings (SSSR count). The number of nitrogens with one attached hydrogen (secondary N) is 5. The molecule has 0 aliphatic carbocycles. The molecular formula is C29H49F3N10O8S. The third kappa shape index (κ3) is 17.8. The number of hydrogen-bond donors (Lipinski definition) is 11. The highest BCUT2D eigenvalue weighted by molar-refractivity contribution is 7.80. The molecule has 0 aromatic carbocycles. The molecule has 1 heterocycles. The van der Waals surface area contributed by atoms with Crippen LogP contribution >= 0.6 is 12.6 Å². The minimum atomic E-state index is -5.08. The van der Waals surface area contributed by atoms with E-state index in [4.69, 9.17) is 27.1 Å². The first-order valence-electron chi connectivity index (χ1n) is 15.8. The Balaban J connectivity index is 0.00000321. The lowest BCUT2D eigenvalue weighted by Gasteiger charge is -2.28. The maximum atomic E-state index is 13.6. The van der Waals surface area contributed by atoms with Gasteiger partial charge in [-0.1, -0.05) is 40.5 Å². The van der Waals surface area contributed by atoms with Crippen LogP contribution in [-0.2, 0) is 35.2 Å². The van der Waals surface area contributed by atoms with Gasteiger partial charge < -0.3 is 53.7 Å². The molecule has 51 heavy (non-hydrogen) atoms. The number of aliphatic imine (C=N–C) groups is 1. The second kappa shape index (κ2) is 23.0. The Morgan fingerprint density at radius 1 is 0.902 bits per heavy atom. The molecule has 0 aliphatic rings. The molecule has 22 heteroatoms. The predicted octanol–water partition coefficient (Wildman–Crippen LogP) is -0.988. The van der Waals surface area contributed by atoms with E-state index >= 15 is 0 Å². The monoisotopic (exact) mass is 754 g/mol. The van der Waals surface area contributed by atoms with E-state index in [0.717, 1.165) is 0 Å². The molecule has 0 bridgehead atoms. The van der Waals surface area contributed by atoms with Crippen molar-refractivity contribution in [1.29, 1.82) is 0 Å². The van der Waals surface area contributed by atoms with Crippen LogP contribution in [0.1, 0.15) is 59.1 Å². The number of H-pyrrole nitrogens is 1. The number of alkyl halides is 3.